The smallest absolute Gasteiger partial charge is 0.323 e. The van der Waals surface area contributed by atoms with Crippen LogP contribution in [-0.4, -0.2) is 40.6 Å². The first-order chi connectivity index (χ1) is 7.96. The van der Waals surface area contributed by atoms with Gasteiger partial charge in [-0.2, -0.15) is 0 Å². The average molecular weight is 258 g/mol. The molecule has 1 aromatic heterocycles. The van der Waals surface area contributed by atoms with Gasteiger partial charge in [0.05, 0.1) is 11.5 Å². The van der Waals surface area contributed by atoms with Crippen molar-refractivity contribution in [1.82, 2.24) is 9.55 Å². The molecule has 0 amide bonds. The maximum absolute atomic E-state index is 11.3. The summed E-state index contributed by atoms with van der Waals surface area (Å²) in [5, 5.41) is 8.71. The molecular formula is C10H14N2O4S. The molecular weight excluding hydrogens is 244 g/mol. The number of imidazole rings is 1. The minimum Gasteiger partial charge on any atom is -0.480 e. The van der Waals surface area contributed by atoms with Crippen molar-refractivity contribution in [1.29, 1.82) is 0 Å². The topological polar surface area (TPSA) is 89.3 Å². The molecule has 1 aliphatic rings. The van der Waals surface area contributed by atoms with Crippen molar-refractivity contribution < 1.29 is 18.3 Å². The highest BCUT2D eigenvalue weighted by molar-refractivity contribution is 7.91. The van der Waals surface area contributed by atoms with E-state index in [9.17, 15) is 13.2 Å². The van der Waals surface area contributed by atoms with Gasteiger partial charge in [0.25, 0.3) is 0 Å². The van der Waals surface area contributed by atoms with Crippen LogP contribution in [0.2, 0.25) is 0 Å². The quantitative estimate of drug-likeness (QED) is 0.817. The molecule has 1 fully saturated rings. The van der Waals surface area contributed by atoms with Gasteiger partial charge >= 0.3 is 5.97 Å². The lowest BCUT2D eigenvalue weighted by Crippen LogP contribution is -2.15. The van der Waals surface area contributed by atoms with Crippen molar-refractivity contribution in [3.05, 3.63) is 18.2 Å². The van der Waals surface area contributed by atoms with E-state index < -0.39 is 15.8 Å². The predicted molar refractivity (Wildman–Crippen MR) is 60.3 cm³/mol. The Bertz CT molecular complexity index is 520. The zero-order chi connectivity index (χ0) is 12.5. The monoisotopic (exact) mass is 258 g/mol. The van der Waals surface area contributed by atoms with E-state index in [1.54, 1.807) is 17.0 Å². The molecule has 1 unspecified atom stereocenters. The Morgan fingerprint density at radius 3 is 2.94 bits per heavy atom. The molecule has 17 heavy (non-hydrogen) atoms. The van der Waals surface area contributed by atoms with Crippen molar-refractivity contribution in [2.24, 2.45) is 5.92 Å². The van der Waals surface area contributed by atoms with Crippen molar-refractivity contribution >= 4 is 15.8 Å². The number of aliphatic carboxylic acids is 1. The van der Waals surface area contributed by atoms with Gasteiger partial charge in [-0.3, -0.25) is 4.79 Å². The van der Waals surface area contributed by atoms with Gasteiger partial charge in [-0.05, 0) is 12.3 Å². The molecule has 6 nitrogen and oxygen atoms in total. The first-order valence-corrected chi connectivity index (χ1v) is 7.20. The zero-order valence-corrected chi connectivity index (χ0v) is 10.1. The number of carboxylic acids is 1. The standard InChI is InChI=1S/C10H14N2O4S/c13-10(14)6-12-3-2-11-9(12)5-8-1-4-17(15,16)7-8/h2-3,8H,1,4-7H2,(H,13,14). The van der Waals surface area contributed by atoms with Crippen molar-refractivity contribution in [2.75, 3.05) is 11.5 Å². The normalized spacial score (nSPS) is 22.7. The highest BCUT2D eigenvalue weighted by atomic mass is 32.2. The third kappa shape index (κ3) is 3.06. The van der Waals surface area contributed by atoms with E-state index in [4.69, 9.17) is 5.11 Å². The summed E-state index contributed by atoms with van der Waals surface area (Å²) >= 11 is 0. The summed E-state index contributed by atoms with van der Waals surface area (Å²) in [7, 11) is -2.89. The largest absolute Gasteiger partial charge is 0.480 e. The van der Waals surface area contributed by atoms with Crippen LogP contribution >= 0.6 is 0 Å². The first-order valence-electron chi connectivity index (χ1n) is 5.38. The molecule has 0 bridgehead atoms. The SMILES string of the molecule is O=C(O)Cn1ccnc1CC1CCS(=O)(=O)C1. The number of aromatic nitrogens is 2. The Kier molecular flexibility index (Phi) is 3.19. The average Bonchev–Trinajstić information content (AvgIpc) is 2.74. The molecule has 0 aliphatic carbocycles. The van der Waals surface area contributed by atoms with Crippen LogP contribution < -0.4 is 0 Å². The lowest BCUT2D eigenvalue weighted by atomic mass is 10.1. The highest BCUT2D eigenvalue weighted by Gasteiger charge is 2.28. The molecule has 0 spiro atoms. The Balaban J connectivity index is 2.04. The van der Waals surface area contributed by atoms with Gasteiger partial charge in [-0.1, -0.05) is 0 Å². The zero-order valence-electron chi connectivity index (χ0n) is 9.24. The minimum absolute atomic E-state index is 0.0648. The Morgan fingerprint density at radius 1 is 1.59 bits per heavy atom. The summed E-state index contributed by atoms with van der Waals surface area (Å²) in [5.41, 5.74) is 0. The van der Waals surface area contributed by atoms with Crippen LogP contribution in [0.25, 0.3) is 0 Å². The fourth-order valence-corrected chi connectivity index (χ4v) is 3.97. The van der Waals surface area contributed by atoms with Gasteiger partial charge in [-0.25, -0.2) is 13.4 Å². The number of carbonyl (C=O) groups is 1. The van der Waals surface area contributed by atoms with Crippen LogP contribution in [0.15, 0.2) is 12.4 Å². The van der Waals surface area contributed by atoms with Crippen LogP contribution in [0, 0.1) is 5.92 Å². The molecule has 0 saturated carbocycles. The maximum Gasteiger partial charge on any atom is 0.323 e. The van der Waals surface area contributed by atoms with Crippen LogP contribution in [0.5, 0.6) is 0 Å². The third-order valence-electron chi connectivity index (χ3n) is 2.91. The van der Waals surface area contributed by atoms with Gasteiger partial charge in [0.2, 0.25) is 0 Å². The van der Waals surface area contributed by atoms with E-state index in [0.717, 1.165) is 0 Å². The fraction of sp³-hybridized carbons (Fsp3) is 0.600. The maximum atomic E-state index is 11.3. The van der Waals surface area contributed by atoms with Crippen molar-refractivity contribution in [3.8, 4) is 0 Å². The van der Waals surface area contributed by atoms with E-state index >= 15 is 0 Å². The Labute approximate surface area is 99.2 Å². The van der Waals surface area contributed by atoms with Gasteiger partial charge in [-0.15, -0.1) is 0 Å². The molecule has 1 aliphatic heterocycles. The molecule has 0 aromatic carbocycles. The van der Waals surface area contributed by atoms with Crippen LogP contribution in [0.3, 0.4) is 0 Å². The van der Waals surface area contributed by atoms with E-state index in [-0.39, 0.29) is 24.0 Å². The predicted octanol–water partition coefficient (Wildman–Crippen LogP) is -0.0551. The van der Waals surface area contributed by atoms with E-state index in [2.05, 4.69) is 4.98 Å². The van der Waals surface area contributed by atoms with Gasteiger partial charge in [0, 0.05) is 18.8 Å². The van der Waals surface area contributed by atoms with Gasteiger partial charge in [0.1, 0.15) is 12.4 Å². The van der Waals surface area contributed by atoms with Crippen molar-refractivity contribution in [3.63, 3.8) is 0 Å². The van der Waals surface area contributed by atoms with Crippen LogP contribution in [-0.2, 0) is 27.6 Å². The first kappa shape index (κ1) is 12.1. The van der Waals surface area contributed by atoms with Gasteiger partial charge < -0.3 is 9.67 Å². The third-order valence-corrected chi connectivity index (χ3v) is 4.74. The summed E-state index contributed by atoms with van der Waals surface area (Å²) in [4.78, 5) is 14.7. The molecule has 94 valence electrons. The van der Waals surface area contributed by atoms with E-state index in [1.165, 1.54) is 0 Å². The summed E-state index contributed by atoms with van der Waals surface area (Å²) < 4.78 is 24.2. The second-order valence-corrected chi connectivity index (χ2v) is 6.57. The number of sulfone groups is 1. The molecule has 2 rings (SSSR count). The molecule has 1 saturated heterocycles. The summed E-state index contributed by atoms with van der Waals surface area (Å²) in [6.45, 7) is -0.130. The van der Waals surface area contributed by atoms with E-state index in [0.29, 0.717) is 18.7 Å². The summed E-state index contributed by atoms with van der Waals surface area (Å²) in [6, 6.07) is 0. The molecule has 1 N–H and O–H groups in total. The number of hydrogen-bond donors (Lipinski definition) is 1. The summed E-state index contributed by atoms with van der Waals surface area (Å²) in [6.07, 6.45) is 4.32. The van der Waals surface area contributed by atoms with Crippen LogP contribution in [0.4, 0.5) is 0 Å². The fourth-order valence-electron chi connectivity index (χ4n) is 2.11. The number of rotatable bonds is 4. The highest BCUT2D eigenvalue weighted by Crippen LogP contribution is 2.21. The molecule has 1 aromatic rings. The van der Waals surface area contributed by atoms with Crippen molar-refractivity contribution in [2.45, 2.75) is 19.4 Å². The Hall–Kier alpha value is -1.37. The molecule has 2 heterocycles. The second kappa shape index (κ2) is 4.48. The lowest BCUT2D eigenvalue weighted by Gasteiger charge is -2.08. The number of hydrogen-bond acceptors (Lipinski definition) is 4. The minimum atomic E-state index is -2.89. The Morgan fingerprint density at radius 2 is 2.35 bits per heavy atom. The number of nitrogens with zero attached hydrogens (tertiary/aromatic N) is 2. The lowest BCUT2D eigenvalue weighted by molar-refractivity contribution is -0.137. The van der Waals surface area contributed by atoms with E-state index in [1.807, 2.05) is 0 Å². The molecule has 7 heteroatoms. The second-order valence-electron chi connectivity index (χ2n) is 4.34. The molecule has 1 atom stereocenters. The van der Waals surface area contributed by atoms with Crippen LogP contribution in [0.1, 0.15) is 12.2 Å². The van der Waals surface area contributed by atoms with Gasteiger partial charge in [0.15, 0.2) is 9.84 Å². The number of carboxylic acid groups (broad SMARTS) is 1. The summed E-state index contributed by atoms with van der Waals surface area (Å²) in [5.74, 6) is 0.206. The molecule has 0 radical (unpaired) electrons.